The molecule has 7 aliphatic rings. The number of hydrogen-bond donors (Lipinski definition) is 2. The lowest BCUT2D eigenvalue weighted by Crippen LogP contribution is -2.74. The molecule has 7 heterocycles. The summed E-state index contributed by atoms with van der Waals surface area (Å²) < 4.78 is 15.0. The summed E-state index contributed by atoms with van der Waals surface area (Å²) in [6, 6.07) is 17.6. The topological polar surface area (TPSA) is 156 Å². The molecule has 0 bridgehead atoms. The van der Waals surface area contributed by atoms with Crippen molar-refractivity contribution in [2.24, 2.45) is 43.8 Å². The van der Waals surface area contributed by atoms with Crippen molar-refractivity contribution in [2.45, 2.75) is 135 Å². The van der Waals surface area contributed by atoms with Gasteiger partial charge in [0.05, 0.1) is 40.5 Å². The van der Waals surface area contributed by atoms with E-state index in [4.69, 9.17) is 29.5 Å². The van der Waals surface area contributed by atoms with Crippen LogP contribution in [-0.2, 0) is 17.6 Å². The Morgan fingerprint density at radius 2 is 1.82 bits per heavy atom. The van der Waals surface area contributed by atoms with Crippen LogP contribution < -0.4 is 20.3 Å². The molecule has 68 heavy (non-hydrogen) atoms. The van der Waals surface area contributed by atoms with Gasteiger partial charge >= 0.3 is 12.0 Å². The number of azo groups is 1. The van der Waals surface area contributed by atoms with Gasteiger partial charge in [-0.3, -0.25) is 20.0 Å². The summed E-state index contributed by atoms with van der Waals surface area (Å²) >= 11 is 2.03. The number of benzene rings is 2. The van der Waals surface area contributed by atoms with Gasteiger partial charge in [0.15, 0.2) is 11.4 Å². The van der Waals surface area contributed by atoms with E-state index >= 15 is 0 Å². The molecule has 6 aliphatic heterocycles. The summed E-state index contributed by atoms with van der Waals surface area (Å²) in [4.78, 5) is 33.5. The van der Waals surface area contributed by atoms with Crippen LogP contribution in [0.5, 0.6) is 5.75 Å². The lowest BCUT2D eigenvalue weighted by molar-refractivity contribution is -0.527. The number of nitriles is 1. The molecular weight excluding hydrogens is 871 g/mol. The van der Waals surface area contributed by atoms with E-state index in [1.54, 1.807) is 12.4 Å². The number of amidine groups is 1. The van der Waals surface area contributed by atoms with Crippen molar-refractivity contribution in [2.75, 3.05) is 44.2 Å². The number of rotatable bonds is 14. The summed E-state index contributed by atoms with van der Waals surface area (Å²) in [6.07, 6.45) is 9.94. The van der Waals surface area contributed by atoms with Crippen LogP contribution in [0.15, 0.2) is 70.1 Å². The number of aromatic nitrogens is 2. The van der Waals surface area contributed by atoms with E-state index in [-0.39, 0.29) is 52.4 Å². The normalized spacial score (nSPS) is 30.8. The van der Waals surface area contributed by atoms with Crippen LogP contribution >= 0.6 is 11.8 Å². The number of aliphatic imine (C=N–C) groups is 1. The fourth-order valence-corrected chi connectivity index (χ4v) is 14.4. The first-order chi connectivity index (χ1) is 32.7. The van der Waals surface area contributed by atoms with Gasteiger partial charge in [0.2, 0.25) is 5.95 Å². The highest BCUT2D eigenvalue weighted by Gasteiger charge is 2.64. The largest absolute Gasteiger partial charge is 0.489 e. The van der Waals surface area contributed by atoms with Gasteiger partial charge in [0.1, 0.15) is 18.1 Å². The summed E-state index contributed by atoms with van der Waals surface area (Å²) in [5.41, 5.74) is 5.30. The van der Waals surface area contributed by atoms with Crippen LogP contribution in [0.3, 0.4) is 0 Å². The molecule has 14 nitrogen and oxygen atoms in total. The number of aryl methyl sites for hydroxylation is 1. The van der Waals surface area contributed by atoms with Gasteiger partial charge < -0.3 is 19.7 Å². The van der Waals surface area contributed by atoms with Crippen LogP contribution in [0.2, 0.25) is 0 Å². The Balaban J connectivity index is 0.718. The molecule has 1 saturated carbocycles. The van der Waals surface area contributed by atoms with E-state index in [1.807, 2.05) is 30.0 Å². The van der Waals surface area contributed by atoms with Crippen LogP contribution in [0.25, 0.3) is 0 Å². The second kappa shape index (κ2) is 18.9. The van der Waals surface area contributed by atoms with Crippen LogP contribution in [-0.4, -0.2) is 117 Å². The Kier molecular flexibility index (Phi) is 13.0. The number of thioether (sulfide) groups is 1. The van der Waals surface area contributed by atoms with Gasteiger partial charge in [-0.05, 0) is 77.5 Å². The SMILES string of the molecule is CCCCc1cc(OC2C(C)(C)C(NC(=O)c3cnc(N4CCC(N5CC(Cc6ccc(C7=N[C@@H](CC8NCCO8)C8=[N+]([C](C)N=N8)C8SC(C)C(C)C78)cc6)C5)C4)nc3)C2(C)C)ccc1C#N. The number of fused-ring (bicyclic) bond motifs is 2. The molecule has 4 saturated heterocycles. The third-order valence-electron chi connectivity index (χ3n) is 16.2. The standard InChI is InChI=1S/C53H69N11O3S/c1-9-10-11-37-23-41(17-16-38(37)25-54)67-50-52(5,6)49(53(50,7)8)59-47(65)39-26-56-51(57-27-39)62-20-18-40(30-62)63-28-35(29-63)22-34-12-14-36(15-13-34)45-44-31(2)32(3)68-48(44)64-33(4)60-61-46(64)42(58-45)24-43-55-19-21-66-43/h12-17,23,26-27,31-32,35,40,42-44,48-50,55H,9-11,18-22,24,28-30H2,1-8H3,(H,59,65)/q+1/t31?,32?,40?,42-,43?,44?,48?,49?,50?/m0/s1. The number of ether oxygens (including phenoxy) is 2. The molecule has 2 N–H and O–H groups in total. The zero-order valence-electron chi connectivity index (χ0n) is 41.1. The number of unbranched alkanes of at least 4 members (excludes halogenated alkanes) is 1. The molecule has 5 fully saturated rings. The number of anilines is 1. The average Bonchev–Trinajstić information content (AvgIpc) is 4.14. The van der Waals surface area contributed by atoms with Gasteiger partial charge in [-0.2, -0.15) is 5.26 Å². The first kappa shape index (κ1) is 47.0. The summed E-state index contributed by atoms with van der Waals surface area (Å²) in [7, 11) is 0. The molecular formula is C53H69N11O3S+. The van der Waals surface area contributed by atoms with Crippen LogP contribution in [0, 0.1) is 46.1 Å². The minimum atomic E-state index is -0.332. The summed E-state index contributed by atoms with van der Waals surface area (Å²) in [6.45, 7) is 23.1. The summed E-state index contributed by atoms with van der Waals surface area (Å²) in [5, 5.41) is 26.4. The second-order valence-electron chi connectivity index (χ2n) is 21.6. The maximum Gasteiger partial charge on any atom is 0.349 e. The van der Waals surface area contributed by atoms with Crippen molar-refractivity contribution in [1.82, 2.24) is 25.5 Å². The van der Waals surface area contributed by atoms with E-state index < -0.39 is 0 Å². The summed E-state index contributed by atoms with van der Waals surface area (Å²) in [5.74, 6) is 3.58. The number of nitrogens with one attached hydrogen (secondary N) is 2. The third-order valence-corrected chi connectivity index (χ3v) is 17.9. The molecule has 6 unspecified atom stereocenters. The Bertz CT molecular complexity index is 2470. The quantitative estimate of drug-likeness (QED) is 0.154. The van der Waals surface area contributed by atoms with Gasteiger partial charge in [-0.25, -0.2) is 14.5 Å². The highest BCUT2D eigenvalue weighted by molar-refractivity contribution is 8.00. The van der Waals surface area contributed by atoms with Gasteiger partial charge in [0, 0.05) is 86.6 Å². The second-order valence-corrected chi connectivity index (χ2v) is 23.1. The Hall–Kier alpha value is -4.75. The molecule has 7 atom stereocenters. The van der Waals surface area contributed by atoms with Gasteiger partial charge in [-0.15, -0.1) is 11.8 Å². The number of likely N-dealkylation sites (tertiary alicyclic amines) is 1. The van der Waals surface area contributed by atoms with Gasteiger partial charge in [0.25, 0.3) is 5.91 Å². The minimum absolute atomic E-state index is 0.0311. The van der Waals surface area contributed by atoms with Crippen LogP contribution in [0.4, 0.5) is 5.95 Å². The number of carbonyl (C=O) groups excluding carboxylic acids is 1. The molecule has 1 aliphatic carbocycles. The number of hydrogen-bond acceptors (Lipinski definition) is 13. The lowest BCUT2D eigenvalue weighted by Gasteiger charge is -2.63. The fraction of sp³-hybridized carbons (Fsp3) is 0.604. The lowest BCUT2D eigenvalue weighted by atomic mass is 9.49. The molecule has 1 aromatic heterocycles. The molecule has 1 radical (unpaired) electrons. The molecule has 15 heteroatoms. The average molecular weight is 940 g/mol. The van der Waals surface area contributed by atoms with Crippen molar-refractivity contribution in [3.63, 3.8) is 0 Å². The highest BCUT2D eigenvalue weighted by atomic mass is 32.2. The number of carbonyl (C=O) groups is 1. The van der Waals surface area contributed by atoms with Crippen molar-refractivity contribution >= 4 is 35.2 Å². The van der Waals surface area contributed by atoms with E-state index in [0.717, 1.165) is 101 Å². The van der Waals surface area contributed by atoms with Crippen LogP contribution in [0.1, 0.15) is 114 Å². The zero-order chi connectivity index (χ0) is 47.5. The Labute approximate surface area is 406 Å². The first-order valence-electron chi connectivity index (χ1n) is 25.1. The third kappa shape index (κ3) is 8.77. The van der Waals surface area contributed by atoms with E-state index in [0.29, 0.717) is 40.2 Å². The van der Waals surface area contributed by atoms with E-state index in [9.17, 15) is 10.1 Å². The van der Waals surface area contributed by atoms with Crippen molar-refractivity contribution < 1.29 is 18.8 Å². The Morgan fingerprint density at radius 1 is 1.06 bits per heavy atom. The van der Waals surface area contributed by atoms with Crippen molar-refractivity contribution in [1.29, 1.82) is 5.26 Å². The highest BCUT2D eigenvalue weighted by Crippen LogP contribution is 2.56. The molecule has 10 rings (SSSR count). The molecule has 359 valence electrons. The maximum atomic E-state index is 13.7. The van der Waals surface area contributed by atoms with Gasteiger partial charge in [-0.1, -0.05) is 79.2 Å². The molecule has 1 amide bonds. The predicted molar refractivity (Wildman–Crippen MR) is 266 cm³/mol. The maximum absolute atomic E-state index is 13.7. The van der Waals surface area contributed by atoms with E-state index in [1.165, 1.54) is 16.8 Å². The smallest absolute Gasteiger partial charge is 0.349 e. The Morgan fingerprint density at radius 3 is 2.53 bits per heavy atom. The monoisotopic (exact) mass is 940 g/mol. The predicted octanol–water partition coefficient (Wildman–Crippen LogP) is 7.66. The molecule has 0 spiro atoms. The zero-order valence-corrected chi connectivity index (χ0v) is 41.9. The van der Waals surface area contributed by atoms with E-state index in [2.05, 4.69) is 116 Å². The minimum Gasteiger partial charge on any atom is -0.489 e. The van der Waals surface area contributed by atoms with Crippen molar-refractivity contribution in [3.05, 3.63) is 88.8 Å². The molecule has 3 aromatic rings. The number of nitrogens with zero attached hydrogens (tertiary/aromatic N) is 9. The fourth-order valence-electron chi connectivity index (χ4n) is 12.6. The van der Waals surface area contributed by atoms with Crippen molar-refractivity contribution in [3.8, 4) is 11.8 Å². The number of amides is 1. The first-order valence-corrected chi connectivity index (χ1v) is 26.1. The molecule has 2 aromatic carbocycles.